The van der Waals surface area contributed by atoms with Gasteiger partial charge in [-0.1, -0.05) is 111 Å². The average molecular weight is 753 g/mol. The Morgan fingerprint density at radius 3 is 1.79 bits per heavy atom. The Bertz CT molecular complexity index is 945. The van der Waals surface area contributed by atoms with Crippen LogP contribution in [0.15, 0.2) is 0 Å². The lowest BCUT2D eigenvalue weighted by molar-refractivity contribution is -0.151. The average Bonchev–Trinajstić information content (AvgIpc) is 3.54. The van der Waals surface area contributed by atoms with E-state index in [-0.39, 0.29) is 36.1 Å². The maximum Gasteiger partial charge on any atom is 0.323 e. The minimum atomic E-state index is -0.442. The lowest BCUT2D eigenvalue weighted by Crippen LogP contribution is -2.38. The Balaban J connectivity index is 2.33. The highest BCUT2D eigenvalue weighted by Gasteiger charge is 2.39. The molecule has 10 nitrogen and oxygen atoms in total. The van der Waals surface area contributed by atoms with Crippen LogP contribution in [-0.2, 0) is 38.1 Å². The van der Waals surface area contributed by atoms with Crippen LogP contribution in [0.2, 0.25) is 0 Å². The Morgan fingerprint density at radius 2 is 1.17 bits per heavy atom. The van der Waals surface area contributed by atoms with Gasteiger partial charge in [-0.15, -0.1) is 0 Å². The fraction of sp³-hybridized carbons (Fsp3) is 0.907. The Morgan fingerprint density at radius 1 is 0.623 bits per heavy atom. The molecular formula is C43H80N2O8. The van der Waals surface area contributed by atoms with Crippen molar-refractivity contribution in [1.29, 1.82) is 0 Å². The molecule has 53 heavy (non-hydrogen) atoms. The van der Waals surface area contributed by atoms with Crippen LogP contribution in [0, 0.1) is 0 Å². The minimum Gasteiger partial charge on any atom is -0.466 e. The van der Waals surface area contributed by atoms with Gasteiger partial charge in [-0.2, -0.15) is 0 Å². The normalized spacial score (nSPS) is 16.5. The highest BCUT2D eigenvalue weighted by Crippen LogP contribution is 2.23. The van der Waals surface area contributed by atoms with E-state index in [0.29, 0.717) is 58.5 Å². The molecular weight excluding hydrogens is 672 g/mol. The highest BCUT2D eigenvalue weighted by molar-refractivity contribution is 5.76. The molecule has 1 rings (SSSR count). The summed E-state index contributed by atoms with van der Waals surface area (Å²) in [4.78, 5) is 54.1. The van der Waals surface area contributed by atoms with Crippen molar-refractivity contribution in [2.45, 2.75) is 206 Å². The summed E-state index contributed by atoms with van der Waals surface area (Å²) in [7, 11) is 3.84. The standard InChI is InChI=1S/C43H80N2O8/c1-6-9-11-12-13-14-15-18-25-33-50-40(46)28-23-20-24-31-45-36-38(53-42(48)30-32-44(4)5)35-39(45)43(49)51-34-26-19-16-17-22-29-41(47)52-37(8-3)27-21-10-7-2/h37-39H,6-36H2,1-5H3/t37?,38?,39-/m0/s1. The third-order valence-corrected chi connectivity index (χ3v) is 10.2. The van der Waals surface area contributed by atoms with Crippen molar-refractivity contribution < 1.29 is 38.1 Å². The number of esters is 4. The topological polar surface area (TPSA) is 112 Å². The van der Waals surface area contributed by atoms with E-state index < -0.39 is 6.04 Å². The van der Waals surface area contributed by atoms with Crippen LogP contribution in [0.25, 0.3) is 0 Å². The summed E-state index contributed by atoms with van der Waals surface area (Å²) >= 11 is 0. The van der Waals surface area contributed by atoms with Gasteiger partial charge in [0, 0.05) is 32.4 Å². The number of rotatable bonds is 35. The second-order valence-electron chi connectivity index (χ2n) is 15.5. The van der Waals surface area contributed by atoms with Crippen molar-refractivity contribution >= 4 is 23.9 Å². The van der Waals surface area contributed by atoms with Gasteiger partial charge in [0.15, 0.2) is 0 Å². The van der Waals surface area contributed by atoms with E-state index in [9.17, 15) is 19.2 Å². The largest absolute Gasteiger partial charge is 0.466 e. The molecule has 0 bridgehead atoms. The van der Waals surface area contributed by atoms with Crippen molar-refractivity contribution in [2.75, 3.05) is 46.9 Å². The van der Waals surface area contributed by atoms with E-state index in [4.69, 9.17) is 18.9 Å². The maximum atomic E-state index is 13.2. The van der Waals surface area contributed by atoms with Crippen molar-refractivity contribution in [3.63, 3.8) is 0 Å². The predicted molar refractivity (Wildman–Crippen MR) is 213 cm³/mol. The highest BCUT2D eigenvalue weighted by atomic mass is 16.6. The molecule has 0 aromatic rings. The third-order valence-electron chi connectivity index (χ3n) is 10.2. The minimum absolute atomic E-state index is 0.0413. The number of likely N-dealkylation sites (tertiary alicyclic amines) is 1. The second-order valence-corrected chi connectivity index (χ2v) is 15.5. The molecule has 3 atom stereocenters. The quantitative estimate of drug-likeness (QED) is 0.0353. The van der Waals surface area contributed by atoms with Gasteiger partial charge in [0.05, 0.1) is 19.6 Å². The van der Waals surface area contributed by atoms with Gasteiger partial charge in [-0.3, -0.25) is 24.1 Å². The van der Waals surface area contributed by atoms with E-state index in [0.717, 1.165) is 83.5 Å². The summed E-state index contributed by atoms with van der Waals surface area (Å²) < 4.78 is 22.6. The molecule has 0 saturated carbocycles. The zero-order valence-corrected chi connectivity index (χ0v) is 34.8. The third kappa shape index (κ3) is 27.1. The first-order valence-corrected chi connectivity index (χ1v) is 21.8. The van der Waals surface area contributed by atoms with Gasteiger partial charge < -0.3 is 23.8 Å². The number of hydrogen-bond acceptors (Lipinski definition) is 10. The number of nitrogens with zero attached hydrogens (tertiary/aromatic N) is 2. The van der Waals surface area contributed by atoms with Crippen LogP contribution in [0.4, 0.5) is 0 Å². The Labute approximate surface area is 324 Å². The monoisotopic (exact) mass is 753 g/mol. The summed E-state index contributed by atoms with van der Waals surface area (Å²) in [5.41, 5.74) is 0. The Kier molecular flexibility index (Phi) is 30.5. The molecule has 0 radical (unpaired) electrons. The molecule has 1 saturated heterocycles. The first-order valence-electron chi connectivity index (χ1n) is 21.8. The first kappa shape index (κ1) is 48.8. The molecule has 10 heteroatoms. The van der Waals surface area contributed by atoms with Crippen molar-refractivity contribution in [3.05, 3.63) is 0 Å². The zero-order valence-electron chi connectivity index (χ0n) is 34.8. The molecule has 0 aliphatic carbocycles. The lowest BCUT2D eigenvalue weighted by Gasteiger charge is -2.22. The van der Waals surface area contributed by atoms with Crippen LogP contribution in [-0.4, -0.2) is 98.9 Å². The first-order chi connectivity index (χ1) is 25.7. The molecule has 1 aliphatic heterocycles. The Hall–Kier alpha value is -2.20. The van der Waals surface area contributed by atoms with Gasteiger partial charge in [-0.05, 0) is 72.0 Å². The van der Waals surface area contributed by atoms with Gasteiger partial charge in [0.2, 0.25) is 0 Å². The summed E-state index contributed by atoms with van der Waals surface area (Å²) in [5.74, 6) is -0.724. The molecule has 0 amide bonds. The summed E-state index contributed by atoms with van der Waals surface area (Å²) in [6.07, 6.45) is 24.6. The van der Waals surface area contributed by atoms with E-state index >= 15 is 0 Å². The zero-order chi connectivity index (χ0) is 38.9. The molecule has 0 aromatic heterocycles. The lowest BCUT2D eigenvalue weighted by atomic mass is 10.1. The number of carbonyl (C=O) groups excluding carboxylic acids is 4. The molecule has 0 aromatic carbocycles. The summed E-state index contributed by atoms with van der Waals surface area (Å²) in [5, 5.41) is 0. The number of carbonyl (C=O) groups is 4. The van der Waals surface area contributed by atoms with Gasteiger partial charge in [0.1, 0.15) is 18.2 Å². The van der Waals surface area contributed by atoms with Crippen molar-refractivity contribution in [2.24, 2.45) is 0 Å². The van der Waals surface area contributed by atoms with Crippen molar-refractivity contribution in [3.8, 4) is 0 Å². The van der Waals surface area contributed by atoms with E-state index in [2.05, 4.69) is 25.7 Å². The number of ether oxygens (including phenoxy) is 4. The van der Waals surface area contributed by atoms with E-state index in [1.54, 1.807) is 0 Å². The predicted octanol–water partition coefficient (Wildman–Crippen LogP) is 9.34. The molecule has 0 spiro atoms. The number of hydrogen-bond donors (Lipinski definition) is 0. The summed E-state index contributed by atoms with van der Waals surface area (Å²) in [6, 6.07) is -0.442. The van der Waals surface area contributed by atoms with E-state index in [1.807, 2.05) is 19.0 Å². The summed E-state index contributed by atoms with van der Waals surface area (Å²) in [6.45, 7) is 9.16. The maximum absolute atomic E-state index is 13.2. The molecule has 2 unspecified atom stereocenters. The molecule has 1 heterocycles. The molecule has 1 fully saturated rings. The number of unbranched alkanes of at least 4 members (excludes halogenated alkanes) is 16. The fourth-order valence-electron chi connectivity index (χ4n) is 6.81. The van der Waals surface area contributed by atoms with Crippen LogP contribution in [0.5, 0.6) is 0 Å². The molecule has 310 valence electrons. The molecule has 1 aliphatic rings. The van der Waals surface area contributed by atoms with Crippen LogP contribution in [0.3, 0.4) is 0 Å². The van der Waals surface area contributed by atoms with Crippen LogP contribution < -0.4 is 0 Å². The fourth-order valence-corrected chi connectivity index (χ4v) is 6.81. The van der Waals surface area contributed by atoms with Gasteiger partial charge in [-0.25, -0.2) is 0 Å². The van der Waals surface area contributed by atoms with Crippen LogP contribution in [0.1, 0.15) is 188 Å². The second kappa shape index (κ2) is 33.2. The smallest absolute Gasteiger partial charge is 0.323 e. The van der Waals surface area contributed by atoms with Gasteiger partial charge >= 0.3 is 23.9 Å². The van der Waals surface area contributed by atoms with Gasteiger partial charge in [0.25, 0.3) is 0 Å². The van der Waals surface area contributed by atoms with Crippen LogP contribution >= 0.6 is 0 Å². The molecule has 0 N–H and O–H groups in total. The van der Waals surface area contributed by atoms with E-state index in [1.165, 1.54) is 57.8 Å². The SMILES string of the molecule is CCCCCCCCCCCOC(=O)CCCCCN1CC(OC(=O)CCN(C)C)C[C@H]1C(=O)OCCCCCCCC(=O)OC(CC)CCCCC. The van der Waals surface area contributed by atoms with Crippen molar-refractivity contribution in [1.82, 2.24) is 9.80 Å².